The highest BCUT2D eigenvalue weighted by molar-refractivity contribution is 5.39. The van der Waals surface area contributed by atoms with Crippen LogP contribution in [0.4, 0.5) is 0 Å². The van der Waals surface area contributed by atoms with E-state index in [9.17, 15) is 0 Å². The van der Waals surface area contributed by atoms with Crippen LogP contribution in [0.15, 0.2) is 18.2 Å². The third-order valence-corrected chi connectivity index (χ3v) is 2.65. The van der Waals surface area contributed by atoms with E-state index < -0.39 is 0 Å². The fraction of sp³-hybridized carbons (Fsp3) is 0.462. The van der Waals surface area contributed by atoms with Gasteiger partial charge in [-0.05, 0) is 30.0 Å². The Kier molecular flexibility index (Phi) is 4.17. The van der Waals surface area contributed by atoms with Gasteiger partial charge in [-0.3, -0.25) is 0 Å². The zero-order valence-corrected chi connectivity index (χ0v) is 9.58. The van der Waals surface area contributed by atoms with E-state index in [1.807, 2.05) is 19.1 Å². The van der Waals surface area contributed by atoms with Gasteiger partial charge >= 0.3 is 0 Å². The number of aryl methyl sites for hydroxylation is 1. The van der Waals surface area contributed by atoms with Gasteiger partial charge in [0, 0.05) is 0 Å². The second kappa shape index (κ2) is 5.41. The maximum absolute atomic E-state index is 8.99. The Morgan fingerprint density at radius 1 is 1.40 bits per heavy atom. The minimum Gasteiger partial charge on any atom is -0.496 e. The molecule has 0 saturated carbocycles. The molecule has 0 aliphatic rings. The monoisotopic (exact) mass is 203 g/mol. The van der Waals surface area contributed by atoms with Crippen molar-refractivity contribution in [2.24, 2.45) is 0 Å². The number of hydrogen-bond acceptors (Lipinski definition) is 2. The van der Waals surface area contributed by atoms with Crippen molar-refractivity contribution in [2.75, 3.05) is 7.11 Å². The molecule has 15 heavy (non-hydrogen) atoms. The molecule has 0 radical (unpaired) electrons. The molecule has 0 amide bonds. The van der Waals surface area contributed by atoms with E-state index in [1.165, 1.54) is 5.56 Å². The summed E-state index contributed by atoms with van der Waals surface area (Å²) in [7, 11) is 1.68. The summed E-state index contributed by atoms with van der Waals surface area (Å²) in [6.07, 6.45) is 1.78. The normalized spacial score (nSPS) is 11.9. The van der Waals surface area contributed by atoms with Crippen molar-refractivity contribution >= 4 is 0 Å². The maximum atomic E-state index is 8.99. The Labute approximate surface area is 91.5 Å². The summed E-state index contributed by atoms with van der Waals surface area (Å²) in [4.78, 5) is 0. The Morgan fingerprint density at radius 2 is 2.13 bits per heavy atom. The smallest absolute Gasteiger partial charge is 0.122 e. The largest absolute Gasteiger partial charge is 0.496 e. The van der Waals surface area contributed by atoms with Gasteiger partial charge in [0.25, 0.3) is 0 Å². The third-order valence-electron chi connectivity index (χ3n) is 2.65. The van der Waals surface area contributed by atoms with E-state index in [4.69, 9.17) is 10.00 Å². The molecule has 0 aliphatic heterocycles. The molecule has 0 aliphatic carbocycles. The molecule has 0 spiro atoms. The summed E-state index contributed by atoms with van der Waals surface area (Å²) < 4.78 is 5.26. The van der Waals surface area contributed by atoms with Crippen molar-refractivity contribution in [1.82, 2.24) is 0 Å². The summed E-state index contributed by atoms with van der Waals surface area (Å²) in [5.41, 5.74) is 2.27. The van der Waals surface area contributed by atoms with E-state index in [0.29, 0.717) is 0 Å². The molecule has 1 atom stereocenters. The Hall–Kier alpha value is -1.49. The molecule has 0 bridgehead atoms. The zero-order valence-electron chi connectivity index (χ0n) is 9.58. The van der Waals surface area contributed by atoms with Gasteiger partial charge in [-0.25, -0.2) is 0 Å². The highest BCUT2D eigenvalue weighted by atomic mass is 16.5. The number of benzene rings is 1. The highest BCUT2D eigenvalue weighted by Gasteiger charge is 2.10. The van der Waals surface area contributed by atoms with Crippen LogP contribution >= 0.6 is 0 Å². The molecule has 0 saturated heterocycles. The summed E-state index contributed by atoms with van der Waals surface area (Å²) in [5.74, 6) is 0.912. The van der Waals surface area contributed by atoms with Crippen LogP contribution in [0.3, 0.4) is 0 Å². The fourth-order valence-electron chi connectivity index (χ4n) is 1.69. The summed E-state index contributed by atoms with van der Waals surface area (Å²) in [6, 6.07) is 8.33. The Bertz CT molecular complexity index is 365. The second-order valence-corrected chi connectivity index (χ2v) is 3.51. The molecule has 2 heteroatoms. The van der Waals surface area contributed by atoms with Gasteiger partial charge in [0.15, 0.2) is 0 Å². The first-order valence-corrected chi connectivity index (χ1v) is 5.33. The lowest BCUT2D eigenvalue weighted by molar-refractivity contribution is 0.410. The molecule has 0 N–H and O–H groups in total. The number of methoxy groups -OCH3 is 1. The van der Waals surface area contributed by atoms with Crippen LogP contribution in [0.1, 0.15) is 37.3 Å². The Balaban J connectivity index is 3.08. The van der Waals surface area contributed by atoms with E-state index in [2.05, 4.69) is 19.1 Å². The highest BCUT2D eigenvalue weighted by Crippen LogP contribution is 2.26. The summed E-state index contributed by atoms with van der Waals surface area (Å²) >= 11 is 0. The van der Waals surface area contributed by atoms with Crippen molar-refractivity contribution in [1.29, 1.82) is 5.26 Å². The average molecular weight is 203 g/mol. The quantitative estimate of drug-likeness (QED) is 0.752. The van der Waals surface area contributed by atoms with Gasteiger partial charge in [-0.1, -0.05) is 26.0 Å². The first-order valence-electron chi connectivity index (χ1n) is 5.33. The molecule has 0 fully saturated rings. The van der Waals surface area contributed by atoms with Crippen LogP contribution < -0.4 is 4.74 Å². The molecule has 80 valence electrons. The lowest BCUT2D eigenvalue weighted by Crippen LogP contribution is -1.97. The van der Waals surface area contributed by atoms with E-state index in [1.54, 1.807) is 7.11 Å². The topological polar surface area (TPSA) is 33.0 Å². The van der Waals surface area contributed by atoms with Gasteiger partial charge in [-0.2, -0.15) is 5.26 Å². The van der Waals surface area contributed by atoms with Crippen molar-refractivity contribution in [2.45, 2.75) is 32.6 Å². The molecule has 1 aromatic carbocycles. The summed E-state index contributed by atoms with van der Waals surface area (Å²) in [6.45, 7) is 4.12. The molecule has 1 unspecified atom stereocenters. The second-order valence-electron chi connectivity index (χ2n) is 3.51. The average Bonchev–Trinajstić information content (AvgIpc) is 2.30. The third kappa shape index (κ3) is 2.50. The lowest BCUT2D eigenvalue weighted by Gasteiger charge is -2.11. The first-order chi connectivity index (χ1) is 7.26. The number of hydrogen-bond donors (Lipinski definition) is 0. The number of rotatable bonds is 4. The van der Waals surface area contributed by atoms with Gasteiger partial charge in [0.1, 0.15) is 5.75 Å². The number of ether oxygens (including phenoxy) is 1. The fourth-order valence-corrected chi connectivity index (χ4v) is 1.69. The zero-order chi connectivity index (χ0) is 11.3. The van der Waals surface area contributed by atoms with Crippen LogP contribution in [-0.4, -0.2) is 7.11 Å². The van der Waals surface area contributed by atoms with Gasteiger partial charge in [-0.15, -0.1) is 0 Å². The molecule has 1 aromatic rings. The van der Waals surface area contributed by atoms with Crippen molar-refractivity contribution < 1.29 is 4.74 Å². The predicted octanol–water partition coefficient (Wildman–Crippen LogP) is 3.27. The molecule has 0 heterocycles. The van der Waals surface area contributed by atoms with E-state index in [0.717, 1.165) is 24.2 Å². The molecule has 0 aromatic heterocycles. The maximum Gasteiger partial charge on any atom is 0.122 e. The minimum atomic E-state index is 0.00112. The van der Waals surface area contributed by atoms with E-state index in [-0.39, 0.29) is 5.92 Å². The van der Waals surface area contributed by atoms with Gasteiger partial charge in [0.05, 0.1) is 19.1 Å². The number of nitriles is 1. The van der Waals surface area contributed by atoms with Crippen molar-refractivity contribution in [3.05, 3.63) is 29.3 Å². The van der Waals surface area contributed by atoms with Crippen LogP contribution in [0.25, 0.3) is 0 Å². The predicted molar refractivity (Wildman–Crippen MR) is 61.0 cm³/mol. The minimum absolute atomic E-state index is 0.00112. The molecule has 1 rings (SSSR count). The van der Waals surface area contributed by atoms with Gasteiger partial charge in [0.2, 0.25) is 0 Å². The number of nitrogens with zero attached hydrogens (tertiary/aromatic N) is 1. The van der Waals surface area contributed by atoms with E-state index >= 15 is 0 Å². The lowest BCUT2D eigenvalue weighted by atomic mass is 9.95. The Morgan fingerprint density at radius 3 is 2.60 bits per heavy atom. The standard InChI is InChI=1S/C13H17NO/c1-4-10-8-12(11(5-2)9-14)6-7-13(10)15-3/h6-8,11H,4-5H2,1-3H3. The van der Waals surface area contributed by atoms with Crippen LogP contribution in [0, 0.1) is 11.3 Å². The van der Waals surface area contributed by atoms with Crippen LogP contribution in [0.2, 0.25) is 0 Å². The molecular formula is C13H17NO. The van der Waals surface area contributed by atoms with Crippen LogP contribution in [0.5, 0.6) is 5.75 Å². The van der Waals surface area contributed by atoms with Crippen molar-refractivity contribution in [3.63, 3.8) is 0 Å². The molecular weight excluding hydrogens is 186 g/mol. The van der Waals surface area contributed by atoms with Crippen molar-refractivity contribution in [3.8, 4) is 11.8 Å². The van der Waals surface area contributed by atoms with Gasteiger partial charge < -0.3 is 4.74 Å². The summed E-state index contributed by atoms with van der Waals surface area (Å²) in [5, 5.41) is 8.99. The SMILES string of the molecule is CCc1cc(C(C#N)CC)ccc1OC. The van der Waals surface area contributed by atoms with Crippen LogP contribution in [-0.2, 0) is 6.42 Å². The molecule has 2 nitrogen and oxygen atoms in total. The first kappa shape index (κ1) is 11.6.